The van der Waals surface area contributed by atoms with Gasteiger partial charge in [0.2, 0.25) is 0 Å². The average Bonchev–Trinajstić information content (AvgIpc) is 3.23. The highest BCUT2D eigenvalue weighted by Gasteiger charge is 2.28. The lowest BCUT2D eigenvalue weighted by Gasteiger charge is -2.31. The van der Waals surface area contributed by atoms with Gasteiger partial charge in [0.1, 0.15) is 18.6 Å². The van der Waals surface area contributed by atoms with E-state index in [9.17, 15) is 8.96 Å². The number of nitrogens with one attached hydrogen (secondary N) is 1. The lowest BCUT2D eigenvalue weighted by Crippen LogP contribution is -2.42. The minimum Gasteiger partial charge on any atom is -0.436 e. The number of hydrogen-bond acceptors (Lipinski definition) is 8. The Labute approximate surface area is 189 Å². The summed E-state index contributed by atoms with van der Waals surface area (Å²) in [5, 5.41) is 0. The van der Waals surface area contributed by atoms with E-state index in [0.29, 0.717) is 29.1 Å². The molecule has 2 aliphatic heterocycles. The van der Waals surface area contributed by atoms with Crippen molar-refractivity contribution in [1.29, 1.82) is 0 Å². The summed E-state index contributed by atoms with van der Waals surface area (Å²) in [7, 11) is -4.63. The second kappa shape index (κ2) is 9.84. The topological polar surface area (TPSA) is 139 Å². The first-order valence-electron chi connectivity index (χ1n) is 9.90. The molecule has 1 aromatic carbocycles. The van der Waals surface area contributed by atoms with Crippen molar-refractivity contribution in [3.05, 3.63) is 89.7 Å². The van der Waals surface area contributed by atoms with E-state index in [0.717, 1.165) is 0 Å². The highest BCUT2D eigenvalue weighted by Crippen LogP contribution is 2.36. The molecule has 2 aromatic rings. The number of hydroxylamine groups is 1. The van der Waals surface area contributed by atoms with E-state index in [1.807, 2.05) is 6.07 Å². The van der Waals surface area contributed by atoms with Crippen molar-refractivity contribution in [2.75, 3.05) is 6.73 Å². The predicted molar refractivity (Wildman–Crippen MR) is 116 cm³/mol. The van der Waals surface area contributed by atoms with Crippen molar-refractivity contribution in [3.8, 4) is 11.6 Å². The summed E-state index contributed by atoms with van der Waals surface area (Å²) >= 11 is 0. The van der Waals surface area contributed by atoms with E-state index in [4.69, 9.17) is 25.1 Å². The summed E-state index contributed by atoms with van der Waals surface area (Å²) in [5.74, 6) is 0.249. The fourth-order valence-electron chi connectivity index (χ4n) is 3.27. The number of hydrogen-bond donors (Lipinski definition) is 4. The van der Waals surface area contributed by atoms with Crippen LogP contribution in [0.3, 0.4) is 0 Å². The van der Waals surface area contributed by atoms with Gasteiger partial charge in [0.25, 0.3) is 5.88 Å². The van der Waals surface area contributed by atoms with Gasteiger partial charge in [-0.3, -0.25) is 4.52 Å². The van der Waals surface area contributed by atoms with Gasteiger partial charge < -0.3 is 30.0 Å². The monoisotopic (exact) mass is 476 g/mol. The van der Waals surface area contributed by atoms with Crippen molar-refractivity contribution >= 4 is 7.82 Å². The number of nitrogens with two attached hydrogens (primary N) is 1. The smallest absolute Gasteiger partial charge is 0.436 e. The number of nitrogens with zero attached hydrogens (tertiary/aromatic N) is 2. The standard InChI is InChI=1S/C21H22FN4O6P/c22-18-10-14(12-24-21(18)31-16-5-2-1-3-6-16)9-15-11-19(32-25-15)17-7-4-8-26(20(17)23)13-30-33(27,28)29/h1-8,10-12,15,20,25H,9,13,23H2,(H2,27,28,29). The first-order valence-corrected chi connectivity index (χ1v) is 11.4. The van der Waals surface area contributed by atoms with Crippen LogP contribution in [0.15, 0.2) is 78.4 Å². The van der Waals surface area contributed by atoms with Gasteiger partial charge >= 0.3 is 7.82 Å². The highest BCUT2D eigenvalue weighted by molar-refractivity contribution is 7.46. The molecule has 0 aliphatic carbocycles. The molecule has 12 heteroatoms. The maximum absolute atomic E-state index is 14.5. The molecule has 3 heterocycles. The molecule has 174 valence electrons. The molecule has 2 atom stereocenters. The minimum atomic E-state index is -4.63. The molecular formula is C21H22FN4O6P. The molecule has 0 saturated heterocycles. The number of phosphoric ester groups is 1. The van der Waals surface area contributed by atoms with Gasteiger partial charge in [-0.2, -0.15) is 0 Å². The van der Waals surface area contributed by atoms with Gasteiger partial charge in [0.15, 0.2) is 11.6 Å². The maximum atomic E-state index is 14.5. The Morgan fingerprint density at radius 3 is 2.82 bits per heavy atom. The molecule has 0 spiro atoms. The molecule has 0 saturated carbocycles. The number of phosphoric acid groups is 1. The number of rotatable bonds is 8. The first-order chi connectivity index (χ1) is 15.8. The van der Waals surface area contributed by atoms with Gasteiger partial charge in [-0.1, -0.05) is 24.3 Å². The lowest BCUT2D eigenvalue weighted by molar-refractivity contribution is 0.0931. The van der Waals surface area contributed by atoms with E-state index in [2.05, 4.69) is 15.0 Å². The Bertz CT molecular complexity index is 1140. The molecule has 0 bridgehead atoms. The summed E-state index contributed by atoms with van der Waals surface area (Å²) in [5.41, 5.74) is 10.2. The maximum Gasteiger partial charge on any atom is 0.471 e. The van der Waals surface area contributed by atoms with E-state index in [-0.39, 0.29) is 11.9 Å². The molecule has 2 unspecified atom stereocenters. The third kappa shape index (κ3) is 6.05. The zero-order valence-corrected chi connectivity index (χ0v) is 18.1. The number of para-hydroxylation sites is 1. The normalized spacial score (nSPS) is 20.3. The highest BCUT2D eigenvalue weighted by atomic mass is 31.2. The van der Waals surface area contributed by atoms with E-state index in [1.54, 1.807) is 48.7 Å². The Kier molecular flexibility index (Phi) is 6.89. The number of benzene rings is 1. The van der Waals surface area contributed by atoms with E-state index >= 15 is 0 Å². The number of allylic oxidation sites excluding steroid dienone is 2. The van der Waals surface area contributed by atoms with E-state index in [1.165, 1.54) is 17.2 Å². The van der Waals surface area contributed by atoms with Gasteiger partial charge in [0.05, 0.1) is 6.04 Å². The van der Waals surface area contributed by atoms with Crippen LogP contribution in [0, 0.1) is 5.82 Å². The molecule has 2 aliphatic rings. The molecule has 33 heavy (non-hydrogen) atoms. The first kappa shape index (κ1) is 23.1. The van der Waals surface area contributed by atoms with Crippen LogP contribution in [0.5, 0.6) is 11.6 Å². The van der Waals surface area contributed by atoms with E-state index < -0.39 is 26.5 Å². The molecule has 10 nitrogen and oxygen atoms in total. The van der Waals surface area contributed by atoms with Crippen molar-refractivity contribution < 1.29 is 32.8 Å². The molecule has 0 fully saturated rings. The number of aromatic nitrogens is 1. The Balaban J connectivity index is 1.39. The number of ether oxygens (including phenoxy) is 1. The van der Waals surface area contributed by atoms with Crippen LogP contribution in [-0.4, -0.2) is 38.6 Å². The molecule has 5 N–H and O–H groups in total. The van der Waals surface area contributed by atoms with Crippen LogP contribution in [0.25, 0.3) is 0 Å². The van der Waals surface area contributed by atoms with Crippen LogP contribution in [0.4, 0.5) is 4.39 Å². The number of halogens is 1. The summed E-state index contributed by atoms with van der Waals surface area (Å²) in [6, 6.07) is 9.89. The molecule has 0 amide bonds. The molecule has 0 radical (unpaired) electrons. The molecule has 1 aromatic heterocycles. The Hall–Kier alpha value is -3.05. The van der Waals surface area contributed by atoms with Crippen molar-refractivity contribution in [1.82, 2.24) is 15.4 Å². The van der Waals surface area contributed by atoms with Crippen LogP contribution in [0.2, 0.25) is 0 Å². The van der Waals surface area contributed by atoms with Crippen LogP contribution in [0.1, 0.15) is 5.56 Å². The van der Waals surface area contributed by atoms with Gasteiger partial charge in [-0.25, -0.2) is 13.9 Å². The van der Waals surface area contributed by atoms with Crippen LogP contribution in [-0.2, 0) is 20.3 Å². The van der Waals surface area contributed by atoms with Gasteiger partial charge in [0, 0.05) is 18.0 Å². The predicted octanol–water partition coefficient (Wildman–Crippen LogP) is 2.45. The fourth-order valence-corrected chi connectivity index (χ4v) is 3.56. The Morgan fingerprint density at radius 2 is 2.09 bits per heavy atom. The second-order valence-corrected chi connectivity index (χ2v) is 8.52. The summed E-state index contributed by atoms with van der Waals surface area (Å²) in [6.45, 7) is -0.397. The minimum absolute atomic E-state index is 0.112. The zero-order valence-electron chi connectivity index (χ0n) is 17.2. The van der Waals surface area contributed by atoms with Crippen LogP contribution >= 0.6 is 7.82 Å². The summed E-state index contributed by atoms with van der Waals surface area (Å²) in [6.07, 6.45) is 7.90. The quantitative estimate of drug-likeness (QED) is 0.420. The summed E-state index contributed by atoms with van der Waals surface area (Å²) < 4.78 is 35.4. The van der Waals surface area contributed by atoms with Crippen molar-refractivity contribution in [3.63, 3.8) is 0 Å². The fraction of sp³-hybridized carbons (Fsp3) is 0.190. The number of pyridine rings is 1. The third-order valence-electron chi connectivity index (χ3n) is 4.84. The SMILES string of the molecule is NC1C(C2=CC(Cc3cnc(Oc4ccccc4)c(F)c3)NO2)=CC=CN1COP(=O)(O)O. The summed E-state index contributed by atoms with van der Waals surface area (Å²) in [4.78, 5) is 28.8. The van der Waals surface area contributed by atoms with Crippen molar-refractivity contribution in [2.45, 2.75) is 18.6 Å². The molecule has 4 rings (SSSR count). The van der Waals surface area contributed by atoms with Crippen LogP contribution < -0.4 is 16.0 Å². The Morgan fingerprint density at radius 1 is 1.30 bits per heavy atom. The van der Waals surface area contributed by atoms with Gasteiger partial charge in [-0.05, 0) is 42.3 Å². The lowest BCUT2D eigenvalue weighted by atomic mass is 10.0. The third-order valence-corrected chi connectivity index (χ3v) is 5.29. The largest absolute Gasteiger partial charge is 0.471 e. The van der Waals surface area contributed by atoms with Gasteiger partial charge in [-0.15, -0.1) is 5.48 Å². The second-order valence-electron chi connectivity index (χ2n) is 7.28. The van der Waals surface area contributed by atoms with Crippen molar-refractivity contribution in [2.24, 2.45) is 5.73 Å². The average molecular weight is 476 g/mol. The zero-order chi connectivity index (χ0) is 23.4. The molecular weight excluding hydrogens is 454 g/mol.